The van der Waals surface area contributed by atoms with E-state index < -0.39 is 17.8 Å². The van der Waals surface area contributed by atoms with Crippen LogP contribution < -0.4 is 5.32 Å². The molecule has 2 heterocycles. The molecule has 1 fully saturated rings. The molecule has 0 spiro atoms. The van der Waals surface area contributed by atoms with Crippen LogP contribution >= 0.6 is 0 Å². The van der Waals surface area contributed by atoms with Crippen LogP contribution in [0, 0.1) is 0 Å². The van der Waals surface area contributed by atoms with Crippen molar-refractivity contribution < 1.29 is 14.4 Å². The molecule has 0 saturated carbocycles. The zero-order chi connectivity index (χ0) is 22.5. The van der Waals surface area contributed by atoms with E-state index in [1.54, 1.807) is 6.08 Å². The van der Waals surface area contributed by atoms with Crippen LogP contribution in [0.5, 0.6) is 0 Å². The molecule has 3 aromatic rings. The van der Waals surface area contributed by atoms with Gasteiger partial charge in [-0.15, -0.1) is 0 Å². The number of aromatic nitrogens is 1. The van der Waals surface area contributed by atoms with Crippen LogP contribution in [0.2, 0.25) is 0 Å². The van der Waals surface area contributed by atoms with E-state index in [9.17, 15) is 14.4 Å². The van der Waals surface area contributed by atoms with Crippen molar-refractivity contribution in [1.82, 2.24) is 14.8 Å². The Balaban J connectivity index is 1.66. The van der Waals surface area contributed by atoms with E-state index in [4.69, 9.17) is 0 Å². The first kappa shape index (κ1) is 21.6. The highest BCUT2D eigenvalue weighted by molar-refractivity contribution is 6.31. The molecule has 1 aliphatic heterocycles. The van der Waals surface area contributed by atoms with Gasteiger partial charge in [0.15, 0.2) is 0 Å². The number of barbiturate groups is 1. The number of amides is 4. The first-order valence-electron chi connectivity index (χ1n) is 11.1. The van der Waals surface area contributed by atoms with Crippen LogP contribution in [0.4, 0.5) is 4.79 Å². The Bertz CT molecular complexity index is 1180. The lowest BCUT2D eigenvalue weighted by molar-refractivity contribution is -0.130. The standard InChI is InChI=1S/C26H27N3O3/c1-2-3-4-10-15-29-25(31)22(24(30)27-26(29)32)16-20-18-28(17-19-11-6-5-7-12-19)23-14-9-8-13-21(20)23/h5-9,11-14,16,18H,2-4,10,15,17H2,1H3,(H,27,30,32). The summed E-state index contributed by atoms with van der Waals surface area (Å²) in [6, 6.07) is 17.4. The number of hydrogen-bond acceptors (Lipinski definition) is 3. The zero-order valence-electron chi connectivity index (χ0n) is 18.2. The van der Waals surface area contributed by atoms with Gasteiger partial charge in [-0.2, -0.15) is 0 Å². The first-order chi connectivity index (χ1) is 15.6. The average molecular weight is 430 g/mol. The van der Waals surface area contributed by atoms with Gasteiger partial charge in [-0.1, -0.05) is 74.7 Å². The van der Waals surface area contributed by atoms with E-state index in [-0.39, 0.29) is 5.57 Å². The number of urea groups is 1. The molecule has 1 saturated heterocycles. The molecule has 1 aromatic heterocycles. The summed E-state index contributed by atoms with van der Waals surface area (Å²) < 4.78 is 2.11. The largest absolute Gasteiger partial charge is 0.342 e. The third-order valence-electron chi connectivity index (χ3n) is 5.74. The Morgan fingerprint density at radius 3 is 2.44 bits per heavy atom. The number of nitrogens with one attached hydrogen (secondary N) is 1. The fraction of sp³-hybridized carbons (Fsp3) is 0.269. The number of fused-ring (bicyclic) bond motifs is 1. The third-order valence-corrected chi connectivity index (χ3v) is 5.74. The minimum absolute atomic E-state index is 0.0114. The maximum Gasteiger partial charge on any atom is 0.331 e. The van der Waals surface area contributed by atoms with Crippen molar-refractivity contribution >= 4 is 34.8 Å². The molecule has 6 heteroatoms. The van der Waals surface area contributed by atoms with Crippen LogP contribution in [0.15, 0.2) is 66.4 Å². The first-order valence-corrected chi connectivity index (χ1v) is 11.1. The molecule has 0 atom stereocenters. The SMILES string of the molecule is CCCCCCN1C(=O)NC(=O)C(=Cc2cn(Cc3ccccc3)c3ccccc23)C1=O. The van der Waals surface area contributed by atoms with Crippen molar-refractivity contribution in [3.8, 4) is 0 Å². The van der Waals surface area contributed by atoms with Crippen molar-refractivity contribution in [2.24, 2.45) is 0 Å². The van der Waals surface area contributed by atoms with E-state index >= 15 is 0 Å². The molecule has 0 bridgehead atoms. The number of unbranched alkanes of at least 4 members (excludes halogenated alkanes) is 3. The Labute approximate surface area is 187 Å². The maximum absolute atomic E-state index is 13.0. The smallest absolute Gasteiger partial charge is 0.331 e. The summed E-state index contributed by atoms with van der Waals surface area (Å²) in [5.74, 6) is -1.18. The lowest BCUT2D eigenvalue weighted by Crippen LogP contribution is -2.54. The number of rotatable bonds is 8. The van der Waals surface area contributed by atoms with Gasteiger partial charge in [0.1, 0.15) is 5.57 Å². The molecular weight excluding hydrogens is 402 g/mol. The van der Waals surface area contributed by atoms with Gasteiger partial charge in [0.25, 0.3) is 11.8 Å². The van der Waals surface area contributed by atoms with Crippen LogP contribution in [0.25, 0.3) is 17.0 Å². The van der Waals surface area contributed by atoms with Crippen molar-refractivity contribution in [2.45, 2.75) is 39.2 Å². The number of carbonyl (C=O) groups is 3. The maximum atomic E-state index is 13.0. The van der Waals surface area contributed by atoms with E-state index in [2.05, 4.69) is 28.9 Å². The van der Waals surface area contributed by atoms with Gasteiger partial charge >= 0.3 is 6.03 Å². The number of imide groups is 2. The van der Waals surface area contributed by atoms with Crippen molar-refractivity contribution in [3.05, 3.63) is 77.5 Å². The molecule has 4 rings (SSSR count). The zero-order valence-corrected chi connectivity index (χ0v) is 18.2. The number of para-hydroxylation sites is 1. The summed E-state index contributed by atoms with van der Waals surface area (Å²) in [4.78, 5) is 38.9. The van der Waals surface area contributed by atoms with Gasteiger partial charge in [0.2, 0.25) is 0 Å². The quantitative estimate of drug-likeness (QED) is 0.320. The molecule has 2 aromatic carbocycles. The van der Waals surface area contributed by atoms with Gasteiger partial charge in [0.05, 0.1) is 0 Å². The Morgan fingerprint density at radius 1 is 0.906 bits per heavy atom. The van der Waals surface area contributed by atoms with E-state index in [1.165, 1.54) is 0 Å². The second-order valence-corrected chi connectivity index (χ2v) is 8.05. The van der Waals surface area contributed by atoms with Crippen molar-refractivity contribution in [3.63, 3.8) is 0 Å². The number of benzene rings is 2. The molecular formula is C26H27N3O3. The highest BCUT2D eigenvalue weighted by Gasteiger charge is 2.35. The second kappa shape index (κ2) is 9.64. The molecule has 0 radical (unpaired) electrons. The molecule has 32 heavy (non-hydrogen) atoms. The van der Waals surface area contributed by atoms with Gasteiger partial charge < -0.3 is 4.57 Å². The number of hydrogen-bond donors (Lipinski definition) is 1. The molecule has 1 N–H and O–H groups in total. The predicted octanol–water partition coefficient (Wildman–Crippen LogP) is 4.73. The monoisotopic (exact) mass is 429 g/mol. The van der Waals surface area contributed by atoms with Crippen LogP contribution in [-0.4, -0.2) is 33.9 Å². The Kier molecular flexibility index (Phi) is 6.50. The molecule has 0 unspecified atom stereocenters. The fourth-order valence-electron chi connectivity index (χ4n) is 4.05. The normalized spacial score (nSPS) is 15.6. The van der Waals surface area contributed by atoms with Crippen LogP contribution in [-0.2, 0) is 16.1 Å². The molecule has 0 aliphatic carbocycles. The second-order valence-electron chi connectivity index (χ2n) is 8.05. The molecule has 1 aliphatic rings. The molecule has 4 amide bonds. The topological polar surface area (TPSA) is 71.4 Å². The van der Waals surface area contributed by atoms with Gasteiger partial charge in [-0.05, 0) is 24.1 Å². The molecule has 6 nitrogen and oxygen atoms in total. The van der Waals surface area contributed by atoms with Crippen molar-refractivity contribution in [2.75, 3.05) is 6.54 Å². The summed E-state index contributed by atoms with van der Waals surface area (Å²) >= 11 is 0. The van der Waals surface area contributed by atoms with Gasteiger partial charge in [-0.25, -0.2) is 4.79 Å². The molecule has 164 valence electrons. The van der Waals surface area contributed by atoms with Gasteiger partial charge in [0, 0.05) is 35.8 Å². The average Bonchev–Trinajstić information content (AvgIpc) is 3.14. The van der Waals surface area contributed by atoms with E-state index in [0.717, 1.165) is 52.6 Å². The Hall–Kier alpha value is -3.67. The lowest BCUT2D eigenvalue weighted by Gasteiger charge is -2.26. The van der Waals surface area contributed by atoms with Gasteiger partial charge in [-0.3, -0.25) is 19.8 Å². The summed E-state index contributed by atoms with van der Waals surface area (Å²) in [5.41, 5.74) is 2.93. The predicted molar refractivity (Wildman–Crippen MR) is 125 cm³/mol. The summed E-state index contributed by atoms with van der Waals surface area (Å²) in [7, 11) is 0. The minimum Gasteiger partial charge on any atom is -0.342 e. The van der Waals surface area contributed by atoms with Crippen LogP contribution in [0.3, 0.4) is 0 Å². The van der Waals surface area contributed by atoms with Crippen molar-refractivity contribution in [1.29, 1.82) is 0 Å². The summed E-state index contributed by atoms with van der Waals surface area (Å²) in [6.45, 7) is 3.09. The highest BCUT2D eigenvalue weighted by atomic mass is 16.2. The lowest BCUT2D eigenvalue weighted by atomic mass is 10.1. The number of nitrogens with zero attached hydrogens (tertiary/aromatic N) is 2. The fourth-order valence-corrected chi connectivity index (χ4v) is 4.05. The summed E-state index contributed by atoms with van der Waals surface area (Å²) in [6.07, 6.45) is 7.33. The van der Waals surface area contributed by atoms with E-state index in [1.807, 2.05) is 48.7 Å². The van der Waals surface area contributed by atoms with Crippen LogP contribution in [0.1, 0.15) is 43.7 Å². The Morgan fingerprint density at radius 2 is 1.66 bits per heavy atom. The third kappa shape index (κ3) is 4.49. The highest BCUT2D eigenvalue weighted by Crippen LogP contribution is 2.26. The number of carbonyl (C=O) groups excluding carboxylic acids is 3. The van der Waals surface area contributed by atoms with E-state index in [0.29, 0.717) is 13.1 Å². The summed E-state index contributed by atoms with van der Waals surface area (Å²) in [5, 5.41) is 3.27. The minimum atomic E-state index is -0.648.